The summed E-state index contributed by atoms with van der Waals surface area (Å²) in [5, 5.41) is 0. The second kappa shape index (κ2) is 4.45. The highest BCUT2D eigenvalue weighted by molar-refractivity contribution is 5.73. The monoisotopic (exact) mass is 170 g/mol. The van der Waals surface area contributed by atoms with Gasteiger partial charge in [0.1, 0.15) is 0 Å². The van der Waals surface area contributed by atoms with Crippen LogP contribution in [0, 0.1) is 0 Å². The van der Waals surface area contributed by atoms with Gasteiger partial charge in [-0.3, -0.25) is 4.79 Å². The van der Waals surface area contributed by atoms with Crippen molar-refractivity contribution in [3.8, 4) is 0 Å². The van der Waals surface area contributed by atoms with Crippen molar-refractivity contribution in [1.29, 1.82) is 0 Å². The molecular formula is C9H18N2O. The fourth-order valence-corrected chi connectivity index (χ4v) is 1.95. The molecule has 3 heteroatoms. The van der Waals surface area contributed by atoms with Gasteiger partial charge >= 0.3 is 0 Å². The summed E-state index contributed by atoms with van der Waals surface area (Å²) in [6.07, 6.45) is 4.00. The number of hydrogen-bond donors (Lipinski definition) is 1. The van der Waals surface area contributed by atoms with Gasteiger partial charge in [0, 0.05) is 12.5 Å². The van der Waals surface area contributed by atoms with Gasteiger partial charge in [-0.2, -0.15) is 0 Å². The predicted octanol–water partition coefficient (Wildman–Crippen LogP) is 0.736. The molecule has 1 unspecified atom stereocenters. The molecule has 1 saturated heterocycles. The van der Waals surface area contributed by atoms with E-state index in [0.717, 1.165) is 13.0 Å². The molecule has 0 aromatic carbocycles. The first-order valence-corrected chi connectivity index (χ1v) is 4.76. The van der Waals surface area contributed by atoms with Crippen molar-refractivity contribution in [2.45, 2.75) is 38.6 Å². The highest BCUT2D eigenvalue weighted by Crippen LogP contribution is 2.20. The zero-order chi connectivity index (χ0) is 8.97. The molecule has 1 aliphatic heterocycles. The molecule has 0 spiro atoms. The van der Waals surface area contributed by atoms with Gasteiger partial charge in [0.05, 0.1) is 0 Å². The summed E-state index contributed by atoms with van der Waals surface area (Å²) in [4.78, 5) is 13.0. The lowest BCUT2D eigenvalue weighted by atomic mass is 10.1. The minimum atomic E-state index is -0.169. The number of carbonyl (C=O) groups is 1. The van der Waals surface area contributed by atoms with Crippen LogP contribution in [0.25, 0.3) is 0 Å². The lowest BCUT2D eigenvalue weighted by Gasteiger charge is -2.21. The second-order valence-electron chi connectivity index (χ2n) is 3.43. The van der Waals surface area contributed by atoms with Gasteiger partial charge in [0.15, 0.2) is 0 Å². The van der Waals surface area contributed by atoms with E-state index in [1.54, 1.807) is 0 Å². The lowest BCUT2D eigenvalue weighted by Crippen LogP contribution is -2.30. The molecule has 2 N–H and O–H groups in total. The Kier molecular flexibility index (Phi) is 3.53. The predicted molar refractivity (Wildman–Crippen MR) is 48.7 cm³/mol. The second-order valence-corrected chi connectivity index (χ2v) is 3.43. The number of rotatable bonds is 4. The molecule has 0 saturated carbocycles. The van der Waals surface area contributed by atoms with Crippen LogP contribution < -0.4 is 5.73 Å². The highest BCUT2D eigenvalue weighted by atomic mass is 16.1. The number of likely N-dealkylation sites (tertiary alicyclic amines) is 1. The van der Waals surface area contributed by atoms with Crippen LogP contribution in [0.3, 0.4) is 0 Å². The maximum atomic E-state index is 10.6. The fourth-order valence-electron chi connectivity index (χ4n) is 1.95. The van der Waals surface area contributed by atoms with Crippen LogP contribution in [0.4, 0.5) is 0 Å². The van der Waals surface area contributed by atoms with Crippen molar-refractivity contribution < 1.29 is 4.79 Å². The van der Waals surface area contributed by atoms with Crippen molar-refractivity contribution >= 4 is 5.91 Å². The molecule has 1 heterocycles. The molecule has 0 radical (unpaired) electrons. The Labute approximate surface area is 73.9 Å². The molecule has 0 aromatic heterocycles. The minimum absolute atomic E-state index is 0.169. The van der Waals surface area contributed by atoms with Crippen LogP contribution in [0.1, 0.15) is 32.6 Å². The third-order valence-electron chi connectivity index (χ3n) is 2.63. The molecule has 1 fully saturated rings. The average molecular weight is 170 g/mol. The Morgan fingerprint density at radius 1 is 1.67 bits per heavy atom. The van der Waals surface area contributed by atoms with Crippen molar-refractivity contribution in [2.75, 3.05) is 13.1 Å². The molecule has 0 aromatic rings. The normalized spacial score (nSPS) is 24.6. The van der Waals surface area contributed by atoms with E-state index >= 15 is 0 Å². The van der Waals surface area contributed by atoms with Crippen molar-refractivity contribution in [2.24, 2.45) is 5.73 Å². The van der Waals surface area contributed by atoms with Gasteiger partial charge < -0.3 is 10.6 Å². The molecule has 1 rings (SSSR count). The quantitative estimate of drug-likeness (QED) is 0.676. The first-order valence-electron chi connectivity index (χ1n) is 4.76. The minimum Gasteiger partial charge on any atom is -0.370 e. The van der Waals surface area contributed by atoms with Crippen LogP contribution in [-0.2, 0) is 4.79 Å². The van der Waals surface area contributed by atoms with E-state index < -0.39 is 0 Å². The van der Waals surface area contributed by atoms with E-state index in [0.29, 0.717) is 12.5 Å². The first-order chi connectivity index (χ1) is 5.74. The standard InChI is InChI=1S/C9H18N2O/c1-2-11-7-3-4-8(11)5-6-9(10)12/h8H,2-7H2,1H3,(H2,10,12). The SMILES string of the molecule is CCN1CCCC1CCC(N)=O. The van der Waals surface area contributed by atoms with Gasteiger partial charge in [0.2, 0.25) is 5.91 Å². The van der Waals surface area contributed by atoms with E-state index in [4.69, 9.17) is 5.73 Å². The molecular weight excluding hydrogens is 152 g/mol. The summed E-state index contributed by atoms with van der Waals surface area (Å²) < 4.78 is 0. The number of nitrogens with zero attached hydrogens (tertiary/aromatic N) is 1. The lowest BCUT2D eigenvalue weighted by molar-refractivity contribution is -0.118. The van der Waals surface area contributed by atoms with Gasteiger partial charge in [-0.1, -0.05) is 6.92 Å². The summed E-state index contributed by atoms with van der Waals surface area (Å²) in [7, 11) is 0. The van der Waals surface area contributed by atoms with E-state index in [1.807, 2.05) is 0 Å². The smallest absolute Gasteiger partial charge is 0.217 e. The topological polar surface area (TPSA) is 46.3 Å². The largest absolute Gasteiger partial charge is 0.370 e. The number of primary amides is 1. The van der Waals surface area contributed by atoms with Gasteiger partial charge in [-0.05, 0) is 32.4 Å². The summed E-state index contributed by atoms with van der Waals surface area (Å²) in [6.45, 7) is 4.46. The van der Waals surface area contributed by atoms with Crippen LogP contribution in [-0.4, -0.2) is 29.9 Å². The number of nitrogens with two attached hydrogens (primary N) is 1. The average Bonchev–Trinajstić information content (AvgIpc) is 2.47. The van der Waals surface area contributed by atoms with Gasteiger partial charge in [0.25, 0.3) is 0 Å². The van der Waals surface area contributed by atoms with E-state index in [9.17, 15) is 4.79 Å². The van der Waals surface area contributed by atoms with Crippen molar-refractivity contribution in [3.05, 3.63) is 0 Å². The Bertz CT molecular complexity index is 159. The summed E-state index contributed by atoms with van der Waals surface area (Å²) in [5.74, 6) is -0.169. The van der Waals surface area contributed by atoms with Crippen molar-refractivity contribution in [3.63, 3.8) is 0 Å². The summed E-state index contributed by atoms with van der Waals surface area (Å²) >= 11 is 0. The van der Waals surface area contributed by atoms with Crippen molar-refractivity contribution in [1.82, 2.24) is 4.90 Å². The molecule has 1 amide bonds. The Morgan fingerprint density at radius 2 is 2.42 bits per heavy atom. The summed E-state index contributed by atoms with van der Waals surface area (Å²) in [5.41, 5.74) is 5.10. The fraction of sp³-hybridized carbons (Fsp3) is 0.889. The number of amides is 1. The molecule has 0 aliphatic carbocycles. The summed E-state index contributed by atoms with van der Waals surface area (Å²) in [6, 6.07) is 0.613. The molecule has 12 heavy (non-hydrogen) atoms. The molecule has 3 nitrogen and oxygen atoms in total. The van der Waals surface area contributed by atoms with Gasteiger partial charge in [-0.25, -0.2) is 0 Å². The maximum absolute atomic E-state index is 10.6. The molecule has 1 aliphatic rings. The Morgan fingerprint density at radius 3 is 3.00 bits per heavy atom. The van der Waals surface area contributed by atoms with Crippen LogP contribution in [0.5, 0.6) is 0 Å². The zero-order valence-corrected chi connectivity index (χ0v) is 7.75. The first kappa shape index (κ1) is 9.52. The Hall–Kier alpha value is -0.570. The number of hydrogen-bond acceptors (Lipinski definition) is 2. The molecule has 1 atom stereocenters. The zero-order valence-electron chi connectivity index (χ0n) is 7.75. The van der Waals surface area contributed by atoms with E-state index in [2.05, 4.69) is 11.8 Å². The van der Waals surface area contributed by atoms with Crippen LogP contribution >= 0.6 is 0 Å². The molecule has 0 bridgehead atoms. The molecule has 70 valence electrons. The van der Waals surface area contributed by atoms with Crippen LogP contribution in [0.2, 0.25) is 0 Å². The third kappa shape index (κ3) is 2.48. The van der Waals surface area contributed by atoms with Crippen LogP contribution in [0.15, 0.2) is 0 Å². The van der Waals surface area contributed by atoms with E-state index in [1.165, 1.54) is 19.4 Å². The number of carbonyl (C=O) groups excluding carboxylic acids is 1. The highest BCUT2D eigenvalue weighted by Gasteiger charge is 2.22. The maximum Gasteiger partial charge on any atom is 0.217 e. The Balaban J connectivity index is 2.26. The third-order valence-corrected chi connectivity index (χ3v) is 2.63. The van der Waals surface area contributed by atoms with E-state index in [-0.39, 0.29) is 5.91 Å². The van der Waals surface area contributed by atoms with Gasteiger partial charge in [-0.15, -0.1) is 0 Å².